The van der Waals surface area contributed by atoms with Gasteiger partial charge in [-0.15, -0.1) is 5.10 Å². The Morgan fingerprint density at radius 3 is 2.77 bits per heavy atom. The van der Waals surface area contributed by atoms with Gasteiger partial charge in [-0.1, -0.05) is 36.9 Å². The van der Waals surface area contributed by atoms with E-state index in [9.17, 15) is 8.78 Å². The minimum absolute atomic E-state index is 0.00554. The summed E-state index contributed by atoms with van der Waals surface area (Å²) < 4.78 is 47.4. The van der Waals surface area contributed by atoms with Crippen LogP contribution in [0.15, 0.2) is 23.4 Å². The number of ether oxygens (including phenoxy) is 3. The zero-order valence-electron chi connectivity index (χ0n) is 22.6. The highest BCUT2D eigenvalue weighted by molar-refractivity contribution is 7.99. The average molecular weight is 564 g/mol. The van der Waals surface area contributed by atoms with Crippen LogP contribution in [0.25, 0.3) is 11.2 Å². The molecule has 3 heterocycles. The Labute approximate surface area is 230 Å². The van der Waals surface area contributed by atoms with Gasteiger partial charge in [0, 0.05) is 24.3 Å². The molecular weight excluding hydrogens is 528 g/mol. The summed E-state index contributed by atoms with van der Waals surface area (Å²) in [6, 6.07) is 4.03. The molecule has 10 nitrogen and oxygen atoms in total. The van der Waals surface area contributed by atoms with Crippen molar-refractivity contribution in [3.63, 3.8) is 0 Å². The molecule has 1 aliphatic heterocycles. The van der Waals surface area contributed by atoms with Crippen molar-refractivity contribution >= 4 is 28.7 Å². The monoisotopic (exact) mass is 563 g/mol. The molecular formula is C26H35F2N7O3S. The Kier molecular flexibility index (Phi) is 8.34. The van der Waals surface area contributed by atoms with Gasteiger partial charge in [0.2, 0.25) is 0 Å². The standard InChI is InChI=1S/C26H35F2N7O3S/c1-5-11-39-25-31-22(30-18-13-15(18)14-7-8-16(27)17(28)12-14)20-23(32-25)35(34-33-20)24-21(37-26(3,4)38-24)19(6-2)36-10-9-29/h7-8,12,15,18-19,21,24H,5-6,9-11,13,29H2,1-4H3,(H,30,31,32)/t15-,18+,19-,21+,24+/m0/s1. The number of rotatable bonds is 12. The van der Waals surface area contributed by atoms with E-state index in [4.69, 9.17) is 29.9 Å². The molecule has 0 spiro atoms. The summed E-state index contributed by atoms with van der Waals surface area (Å²) in [5.74, 6) is -1.14. The zero-order chi connectivity index (χ0) is 27.7. The summed E-state index contributed by atoms with van der Waals surface area (Å²) in [5, 5.41) is 12.9. The molecule has 3 N–H and O–H groups in total. The molecule has 2 aliphatic rings. The van der Waals surface area contributed by atoms with E-state index in [-0.39, 0.29) is 18.1 Å². The molecule has 0 amide bonds. The number of hydrogen-bond donors (Lipinski definition) is 2. The van der Waals surface area contributed by atoms with Crippen molar-refractivity contribution < 1.29 is 23.0 Å². The lowest BCUT2D eigenvalue weighted by molar-refractivity contribution is -0.163. The third kappa shape index (κ3) is 6.02. The van der Waals surface area contributed by atoms with Gasteiger partial charge in [0.05, 0.1) is 12.7 Å². The van der Waals surface area contributed by atoms with E-state index in [1.807, 2.05) is 20.8 Å². The molecule has 5 rings (SSSR count). The normalized spacial score (nSPS) is 24.8. The van der Waals surface area contributed by atoms with Crippen LogP contribution in [-0.2, 0) is 14.2 Å². The SMILES string of the molecule is CCCSc1nc(N[C@@H]2C[C@H]2c2ccc(F)c(F)c2)c2nnn([C@@H]3OC(C)(C)O[C@@H]3[C@H](CC)OCCN)c2n1. The van der Waals surface area contributed by atoms with Crippen molar-refractivity contribution in [2.45, 2.75) is 88.3 Å². The topological polar surface area (TPSA) is 122 Å². The van der Waals surface area contributed by atoms with Gasteiger partial charge in [0.25, 0.3) is 0 Å². The maximum absolute atomic E-state index is 13.8. The van der Waals surface area contributed by atoms with E-state index in [0.29, 0.717) is 41.7 Å². The van der Waals surface area contributed by atoms with Crippen LogP contribution >= 0.6 is 11.8 Å². The van der Waals surface area contributed by atoms with Gasteiger partial charge in [0.15, 0.2) is 45.8 Å². The van der Waals surface area contributed by atoms with Crippen molar-refractivity contribution in [1.29, 1.82) is 0 Å². The van der Waals surface area contributed by atoms with E-state index in [2.05, 4.69) is 22.6 Å². The maximum atomic E-state index is 13.8. The molecule has 0 unspecified atom stereocenters. The van der Waals surface area contributed by atoms with Crippen molar-refractivity contribution in [3.8, 4) is 0 Å². The summed E-state index contributed by atoms with van der Waals surface area (Å²) in [7, 11) is 0. The molecule has 1 saturated heterocycles. The number of nitrogens with two attached hydrogens (primary N) is 1. The number of fused-ring (bicyclic) bond motifs is 1. The zero-order valence-corrected chi connectivity index (χ0v) is 23.4. The molecule has 212 valence electrons. The fourth-order valence-electron chi connectivity index (χ4n) is 4.87. The second-order valence-corrected chi connectivity index (χ2v) is 11.3. The Hall–Kier alpha value is -2.45. The van der Waals surface area contributed by atoms with Crippen LogP contribution < -0.4 is 11.1 Å². The van der Waals surface area contributed by atoms with Crippen LogP contribution in [0.1, 0.15) is 64.7 Å². The first-order chi connectivity index (χ1) is 18.7. The van der Waals surface area contributed by atoms with Crippen molar-refractivity contribution in [1.82, 2.24) is 25.0 Å². The minimum Gasteiger partial charge on any atom is -0.374 e. The summed E-state index contributed by atoms with van der Waals surface area (Å²) in [4.78, 5) is 9.53. The number of anilines is 1. The summed E-state index contributed by atoms with van der Waals surface area (Å²) >= 11 is 1.54. The Balaban J connectivity index is 1.47. The third-order valence-corrected chi connectivity index (χ3v) is 7.84. The lowest BCUT2D eigenvalue weighted by Gasteiger charge is -2.25. The molecule has 0 radical (unpaired) electrons. The van der Waals surface area contributed by atoms with Crippen molar-refractivity contribution in [2.75, 3.05) is 24.2 Å². The first-order valence-electron chi connectivity index (χ1n) is 13.4. The van der Waals surface area contributed by atoms with Crippen molar-refractivity contribution in [3.05, 3.63) is 35.4 Å². The third-order valence-electron chi connectivity index (χ3n) is 6.79. The minimum atomic E-state index is -0.868. The van der Waals surface area contributed by atoms with Crippen LogP contribution in [0.4, 0.5) is 14.6 Å². The number of hydrogen-bond acceptors (Lipinski definition) is 10. The number of thioether (sulfide) groups is 1. The van der Waals surface area contributed by atoms with Gasteiger partial charge >= 0.3 is 0 Å². The number of benzene rings is 1. The molecule has 0 bridgehead atoms. The number of aromatic nitrogens is 5. The molecule has 5 atom stereocenters. The molecule has 2 fully saturated rings. The predicted molar refractivity (Wildman–Crippen MR) is 143 cm³/mol. The molecule has 39 heavy (non-hydrogen) atoms. The van der Waals surface area contributed by atoms with Gasteiger partial charge in [-0.2, -0.15) is 4.68 Å². The largest absolute Gasteiger partial charge is 0.374 e. The second kappa shape index (κ2) is 11.6. The van der Waals surface area contributed by atoms with Crippen molar-refractivity contribution in [2.24, 2.45) is 5.73 Å². The highest BCUT2D eigenvalue weighted by Crippen LogP contribution is 2.44. The molecule has 13 heteroatoms. The van der Waals surface area contributed by atoms with E-state index >= 15 is 0 Å². The van der Waals surface area contributed by atoms with Gasteiger partial charge in [-0.3, -0.25) is 0 Å². The summed E-state index contributed by atoms with van der Waals surface area (Å²) in [5.41, 5.74) is 7.43. The maximum Gasteiger partial charge on any atom is 0.191 e. The Morgan fingerprint density at radius 1 is 1.23 bits per heavy atom. The van der Waals surface area contributed by atoms with Crippen LogP contribution in [0.3, 0.4) is 0 Å². The lowest BCUT2D eigenvalue weighted by atomic mass is 10.1. The summed E-state index contributed by atoms with van der Waals surface area (Å²) in [6.45, 7) is 8.62. The highest BCUT2D eigenvalue weighted by Gasteiger charge is 2.48. The van der Waals surface area contributed by atoms with Crippen LogP contribution in [0.2, 0.25) is 0 Å². The summed E-state index contributed by atoms with van der Waals surface area (Å²) in [6.07, 6.45) is 1.06. The first-order valence-corrected chi connectivity index (χ1v) is 14.4. The second-order valence-electron chi connectivity index (χ2n) is 10.3. The van der Waals surface area contributed by atoms with Gasteiger partial charge in [-0.05, 0) is 50.8 Å². The molecule has 1 saturated carbocycles. The van der Waals surface area contributed by atoms with Gasteiger partial charge < -0.3 is 25.3 Å². The fraction of sp³-hybridized carbons (Fsp3) is 0.615. The van der Waals surface area contributed by atoms with Crippen LogP contribution in [0, 0.1) is 11.6 Å². The molecule has 2 aromatic heterocycles. The number of nitrogens with zero attached hydrogens (tertiary/aromatic N) is 5. The average Bonchev–Trinajstić information content (AvgIpc) is 3.41. The van der Waals surface area contributed by atoms with E-state index < -0.39 is 29.8 Å². The van der Waals surface area contributed by atoms with Crippen LogP contribution in [-0.4, -0.2) is 67.9 Å². The Bertz CT molecular complexity index is 1310. The van der Waals surface area contributed by atoms with E-state index in [1.54, 1.807) is 22.5 Å². The smallest absolute Gasteiger partial charge is 0.191 e. The molecule has 3 aromatic rings. The highest BCUT2D eigenvalue weighted by atomic mass is 32.2. The number of halogens is 2. The Morgan fingerprint density at radius 2 is 2.05 bits per heavy atom. The quantitative estimate of drug-likeness (QED) is 0.243. The van der Waals surface area contributed by atoms with Crippen LogP contribution in [0.5, 0.6) is 0 Å². The fourth-order valence-corrected chi connectivity index (χ4v) is 5.56. The predicted octanol–water partition coefficient (Wildman–Crippen LogP) is 4.37. The molecule has 1 aromatic carbocycles. The molecule has 1 aliphatic carbocycles. The lowest BCUT2D eigenvalue weighted by Crippen LogP contribution is -2.37. The number of nitrogens with one attached hydrogen (secondary N) is 1. The van der Waals surface area contributed by atoms with Gasteiger partial charge in [-0.25, -0.2) is 18.7 Å². The van der Waals surface area contributed by atoms with E-state index in [1.165, 1.54) is 6.07 Å². The van der Waals surface area contributed by atoms with Gasteiger partial charge in [0.1, 0.15) is 6.10 Å². The van der Waals surface area contributed by atoms with E-state index in [0.717, 1.165) is 30.2 Å². The first kappa shape index (κ1) is 28.1.